The Balaban J connectivity index is 1.38. The van der Waals surface area contributed by atoms with Crippen LogP contribution in [0.1, 0.15) is 116 Å². The summed E-state index contributed by atoms with van der Waals surface area (Å²) in [5.41, 5.74) is 0. The summed E-state index contributed by atoms with van der Waals surface area (Å²) in [6.07, 6.45) is 24.9. The third-order valence-electron chi connectivity index (χ3n) is 6.10. The van der Waals surface area contributed by atoms with Crippen molar-refractivity contribution in [1.29, 1.82) is 0 Å². The minimum Gasteiger partial charge on any atom is -0.378 e. The topological polar surface area (TPSA) is 9.23 Å². The Kier molecular flexibility index (Phi) is 10.9. The summed E-state index contributed by atoms with van der Waals surface area (Å²) in [5, 5.41) is 0. The van der Waals surface area contributed by atoms with Crippen LogP contribution in [0, 0.1) is 0 Å². The largest absolute Gasteiger partial charge is 0.378 e. The standard InChI is InChI=1S/C22H42OS/c1-2-3-16-22(17-10-11-18-22)24-20-12-8-6-4-5-7-9-14-21-15-13-19-23-21/h21H,2-20H2,1H3. The van der Waals surface area contributed by atoms with Crippen molar-refractivity contribution in [3.8, 4) is 0 Å². The highest BCUT2D eigenvalue weighted by atomic mass is 32.2. The normalized spacial score (nSPS) is 23.1. The van der Waals surface area contributed by atoms with Gasteiger partial charge in [-0.1, -0.05) is 71.1 Å². The fraction of sp³-hybridized carbons (Fsp3) is 1.00. The van der Waals surface area contributed by atoms with Crippen LogP contribution in [0.3, 0.4) is 0 Å². The van der Waals surface area contributed by atoms with Crippen molar-refractivity contribution in [3.63, 3.8) is 0 Å². The van der Waals surface area contributed by atoms with E-state index >= 15 is 0 Å². The molecule has 1 unspecified atom stereocenters. The summed E-state index contributed by atoms with van der Waals surface area (Å²) in [4.78, 5) is 0. The van der Waals surface area contributed by atoms with E-state index in [0.717, 1.165) is 6.61 Å². The molecule has 0 spiro atoms. The molecule has 0 bridgehead atoms. The predicted molar refractivity (Wildman–Crippen MR) is 109 cm³/mol. The van der Waals surface area contributed by atoms with Gasteiger partial charge in [0.1, 0.15) is 0 Å². The van der Waals surface area contributed by atoms with Crippen LogP contribution in [0.4, 0.5) is 0 Å². The number of thioether (sulfide) groups is 1. The Morgan fingerprint density at radius 2 is 1.58 bits per heavy atom. The summed E-state index contributed by atoms with van der Waals surface area (Å²) in [7, 11) is 0. The first-order valence-corrected chi connectivity index (χ1v) is 12.1. The Morgan fingerprint density at radius 1 is 0.875 bits per heavy atom. The molecule has 1 aliphatic carbocycles. The molecule has 1 saturated carbocycles. The summed E-state index contributed by atoms with van der Waals surface area (Å²) in [6, 6.07) is 0. The molecule has 0 aromatic rings. The molecule has 1 aliphatic heterocycles. The van der Waals surface area contributed by atoms with Crippen molar-refractivity contribution in [2.75, 3.05) is 12.4 Å². The van der Waals surface area contributed by atoms with Crippen molar-refractivity contribution in [2.45, 2.75) is 127 Å². The highest BCUT2D eigenvalue weighted by Gasteiger charge is 2.33. The lowest BCUT2D eigenvalue weighted by Gasteiger charge is -2.28. The Labute approximate surface area is 156 Å². The number of unbranched alkanes of at least 4 members (excludes halogenated alkanes) is 7. The molecule has 1 heterocycles. The average Bonchev–Trinajstić information content (AvgIpc) is 3.27. The number of hydrogen-bond acceptors (Lipinski definition) is 2. The van der Waals surface area contributed by atoms with E-state index < -0.39 is 0 Å². The fourth-order valence-corrected chi connectivity index (χ4v) is 6.15. The maximum atomic E-state index is 5.70. The van der Waals surface area contributed by atoms with E-state index in [2.05, 4.69) is 18.7 Å². The molecule has 0 amide bonds. The molecule has 0 radical (unpaired) electrons. The number of rotatable bonds is 14. The van der Waals surface area contributed by atoms with Gasteiger partial charge in [-0.3, -0.25) is 0 Å². The first kappa shape index (κ1) is 20.6. The van der Waals surface area contributed by atoms with Crippen LogP contribution in [0.5, 0.6) is 0 Å². The Bertz CT molecular complexity index is 292. The van der Waals surface area contributed by atoms with Gasteiger partial charge in [0, 0.05) is 11.4 Å². The average molecular weight is 355 g/mol. The van der Waals surface area contributed by atoms with Gasteiger partial charge in [-0.2, -0.15) is 11.8 Å². The van der Waals surface area contributed by atoms with Crippen LogP contribution in [0.2, 0.25) is 0 Å². The van der Waals surface area contributed by atoms with Crippen molar-refractivity contribution in [2.24, 2.45) is 0 Å². The second-order valence-electron chi connectivity index (χ2n) is 8.24. The summed E-state index contributed by atoms with van der Waals surface area (Å²) >= 11 is 2.34. The van der Waals surface area contributed by atoms with E-state index in [1.807, 2.05) is 0 Å². The lowest BCUT2D eigenvalue weighted by Crippen LogP contribution is -2.20. The third-order valence-corrected chi connectivity index (χ3v) is 7.82. The van der Waals surface area contributed by atoms with Gasteiger partial charge in [-0.05, 0) is 50.7 Å². The molecule has 2 aliphatic rings. The molecule has 0 N–H and O–H groups in total. The Morgan fingerprint density at radius 3 is 2.25 bits per heavy atom. The van der Waals surface area contributed by atoms with Crippen molar-refractivity contribution in [3.05, 3.63) is 0 Å². The minimum atomic E-state index is 0.609. The zero-order chi connectivity index (χ0) is 16.9. The van der Waals surface area contributed by atoms with E-state index in [1.54, 1.807) is 0 Å². The molecule has 2 rings (SSSR count). The van der Waals surface area contributed by atoms with Gasteiger partial charge in [0.05, 0.1) is 6.10 Å². The zero-order valence-electron chi connectivity index (χ0n) is 16.3. The summed E-state index contributed by atoms with van der Waals surface area (Å²) < 4.78 is 6.39. The van der Waals surface area contributed by atoms with Crippen LogP contribution in [-0.2, 0) is 4.74 Å². The van der Waals surface area contributed by atoms with Crippen LogP contribution >= 0.6 is 11.8 Å². The van der Waals surface area contributed by atoms with E-state index in [1.165, 1.54) is 115 Å². The second kappa shape index (κ2) is 12.6. The summed E-state index contributed by atoms with van der Waals surface area (Å²) in [5.74, 6) is 1.42. The maximum absolute atomic E-state index is 5.70. The SMILES string of the molecule is CCCCC1(SCCCCCCCCCC2CCCO2)CCCC1. The van der Waals surface area contributed by atoms with E-state index in [-0.39, 0.29) is 0 Å². The first-order valence-electron chi connectivity index (χ1n) is 11.1. The Hall–Kier alpha value is 0.310. The monoisotopic (exact) mass is 354 g/mol. The molecule has 2 heteroatoms. The van der Waals surface area contributed by atoms with Gasteiger partial charge in [0.2, 0.25) is 0 Å². The van der Waals surface area contributed by atoms with Crippen LogP contribution < -0.4 is 0 Å². The van der Waals surface area contributed by atoms with Gasteiger partial charge >= 0.3 is 0 Å². The lowest BCUT2D eigenvalue weighted by molar-refractivity contribution is 0.102. The molecule has 1 nitrogen and oxygen atoms in total. The third kappa shape index (κ3) is 8.13. The molecular weight excluding hydrogens is 312 g/mol. The fourth-order valence-electron chi connectivity index (χ4n) is 4.50. The van der Waals surface area contributed by atoms with Crippen molar-refractivity contribution in [1.82, 2.24) is 0 Å². The predicted octanol–water partition coefficient (Wildman–Crippen LogP) is 7.52. The minimum absolute atomic E-state index is 0.609. The zero-order valence-corrected chi connectivity index (χ0v) is 17.1. The molecule has 1 atom stereocenters. The van der Waals surface area contributed by atoms with Crippen LogP contribution in [0.25, 0.3) is 0 Å². The van der Waals surface area contributed by atoms with E-state index in [4.69, 9.17) is 4.74 Å². The van der Waals surface area contributed by atoms with Gasteiger partial charge in [0.15, 0.2) is 0 Å². The molecule has 142 valence electrons. The molecule has 24 heavy (non-hydrogen) atoms. The smallest absolute Gasteiger partial charge is 0.0576 e. The first-order chi connectivity index (χ1) is 11.8. The highest BCUT2D eigenvalue weighted by molar-refractivity contribution is 8.00. The van der Waals surface area contributed by atoms with Gasteiger partial charge in [-0.25, -0.2) is 0 Å². The summed E-state index contributed by atoms with van der Waals surface area (Å²) in [6.45, 7) is 3.36. The second-order valence-corrected chi connectivity index (χ2v) is 9.80. The molecular formula is C22H42OS. The molecule has 2 fully saturated rings. The van der Waals surface area contributed by atoms with Crippen LogP contribution in [0.15, 0.2) is 0 Å². The van der Waals surface area contributed by atoms with Gasteiger partial charge in [0.25, 0.3) is 0 Å². The maximum Gasteiger partial charge on any atom is 0.0576 e. The highest BCUT2D eigenvalue weighted by Crippen LogP contribution is 2.45. The van der Waals surface area contributed by atoms with E-state index in [0.29, 0.717) is 10.9 Å². The molecule has 0 aromatic heterocycles. The number of hydrogen-bond donors (Lipinski definition) is 0. The van der Waals surface area contributed by atoms with Crippen molar-refractivity contribution < 1.29 is 4.74 Å². The van der Waals surface area contributed by atoms with Crippen molar-refractivity contribution >= 4 is 11.8 Å². The molecule has 0 aromatic carbocycles. The lowest BCUT2D eigenvalue weighted by atomic mass is 10.00. The van der Waals surface area contributed by atoms with E-state index in [9.17, 15) is 0 Å². The van der Waals surface area contributed by atoms with Gasteiger partial charge < -0.3 is 4.74 Å². The van der Waals surface area contributed by atoms with Gasteiger partial charge in [-0.15, -0.1) is 0 Å². The quantitative estimate of drug-likeness (QED) is 0.298. The van der Waals surface area contributed by atoms with Crippen LogP contribution in [-0.4, -0.2) is 23.2 Å². The number of ether oxygens (including phenoxy) is 1. The molecule has 1 saturated heterocycles.